The van der Waals surface area contributed by atoms with Gasteiger partial charge < -0.3 is 5.32 Å². The van der Waals surface area contributed by atoms with Crippen LogP contribution in [0.2, 0.25) is 0 Å². The molecule has 2 aromatic carbocycles. The van der Waals surface area contributed by atoms with Gasteiger partial charge in [-0.15, -0.1) is 0 Å². The fraction of sp³-hybridized carbons (Fsp3) is 0.370. The number of para-hydroxylation sites is 1. The first kappa shape index (κ1) is 20.7. The van der Waals surface area contributed by atoms with Gasteiger partial charge in [-0.2, -0.15) is 5.10 Å². The Hall–Kier alpha value is -3.21. The monoisotopic (exact) mass is 427 g/mol. The summed E-state index contributed by atoms with van der Waals surface area (Å²) in [4.78, 5) is 27.7. The summed E-state index contributed by atoms with van der Waals surface area (Å²) in [5.74, 6) is 0.645. The molecule has 0 bridgehead atoms. The molecule has 164 valence electrons. The van der Waals surface area contributed by atoms with Crippen molar-refractivity contribution < 1.29 is 9.59 Å². The third-order valence-corrected chi connectivity index (χ3v) is 6.89. The van der Waals surface area contributed by atoms with Crippen LogP contribution >= 0.6 is 0 Å². The fourth-order valence-corrected chi connectivity index (χ4v) is 5.22. The number of nitrogens with one attached hydrogen (secondary N) is 1. The molecule has 5 nitrogen and oxygen atoms in total. The highest BCUT2D eigenvalue weighted by Gasteiger charge is 2.59. The number of aromatic nitrogens is 2. The van der Waals surface area contributed by atoms with Crippen molar-refractivity contribution in [2.45, 2.75) is 58.4 Å². The van der Waals surface area contributed by atoms with Crippen LogP contribution < -0.4 is 5.32 Å². The molecule has 0 saturated heterocycles. The maximum Gasteiger partial charge on any atom is 0.184 e. The van der Waals surface area contributed by atoms with E-state index in [-0.39, 0.29) is 17.0 Å². The van der Waals surface area contributed by atoms with Crippen LogP contribution in [0.4, 0.5) is 5.82 Å². The van der Waals surface area contributed by atoms with Crippen molar-refractivity contribution in [2.24, 2.45) is 5.41 Å². The molecule has 1 spiro atoms. The molecule has 1 N–H and O–H groups in total. The van der Waals surface area contributed by atoms with Gasteiger partial charge >= 0.3 is 0 Å². The number of ketones is 2. The molecule has 1 saturated carbocycles. The summed E-state index contributed by atoms with van der Waals surface area (Å²) in [5, 5.41) is 8.57. The summed E-state index contributed by atoms with van der Waals surface area (Å²) in [6.07, 6.45) is 1.75. The smallest absolute Gasteiger partial charge is 0.184 e. The van der Waals surface area contributed by atoms with E-state index in [0.717, 1.165) is 28.9 Å². The molecule has 32 heavy (non-hydrogen) atoms. The molecule has 2 heterocycles. The number of nitrogens with zero attached hydrogens (tertiary/aromatic N) is 2. The summed E-state index contributed by atoms with van der Waals surface area (Å²) in [6.45, 7) is 8.23. The van der Waals surface area contributed by atoms with E-state index in [0.29, 0.717) is 24.2 Å². The minimum absolute atomic E-state index is 0.0403. The zero-order valence-corrected chi connectivity index (χ0v) is 19.1. The summed E-state index contributed by atoms with van der Waals surface area (Å²) in [5.41, 5.74) is 2.87. The van der Waals surface area contributed by atoms with Crippen molar-refractivity contribution in [3.63, 3.8) is 0 Å². The normalized spacial score (nSPS) is 22.8. The second-order valence-electron chi connectivity index (χ2n) is 10.1. The van der Waals surface area contributed by atoms with E-state index in [4.69, 9.17) is 5.10 Å². The lowest BCUT2D eigenvalue weighted by Crippen LogP contribution is -2.48. The third-order valence-electron chi connectivity index (χ3n) is 6.89. The van der Waals surface area contributed by atoms with Crippen LogP contribution in [0.5, 0.6) is 0 Å². The lowest BCUT2D eigenvalue weighted by molar-refractivity contribution is -0.124. The highest BCUT2D eigenvalue weighted by atomic mass is 16.2. The van der Waals surface area contributed by atoms with Crippen molar-refractivity contribution in [1.82, 2.24) is 9.78 Å². The second kappa shape index (κ2) is 7.16. The van der Waals surface area contributed by atoms with Gasteiger partial charge in [0.15, 0.2) is 5.78 Å². The van der Waals surface area contributed by atoms with Crippen LogP contribution in [0.1, 0.15) is 73.3 Å². The Kier molecular flexibility index (Phi) is 4.63. The van der Waals surface area contributed by atoms with Gasteiger partial charge in [-0.3, -0.25) is 9.59 Å². The number of benzene rings is 2. The van der Waals surface area contributed by atoms with E-state index < -0.39 is 11.5 Å². The lowest BCUT2D eigenvalue weighted by Gasteiger charge is -2.40. The van der Waals surface area contributed by atoms with Crippen molar-refractivity contribution >= 4 is 17.4 Å². The average Bonchev–Trinajstić information content (AvgIpc) is 3.34. The van der Waals surface area contributed by atoms with Crippen LogP contribution in [-0.2, 0) is 10.2 Å². The van der Waals surface area contributed by atoms with Gasteiger partial charge in [0.1, 0.15) is 17.0 Å². The molecule has 5 heteroatoms. The zero-order valence-electron chi connectivity index (χ0n) is 19.1. The second-order valence-corrected chi connectivity index (χ2v) is 10.1. The SMILES string of the molecule is Cc1ccc([C@H]2Nc3c(c(C(C)(C)C)nn3-c3ccccc3)C(=O)[C@]23CCCC3=O)cc1. The van der Waals surface area contributed by atoms with Crippen LogP contribution in [0, 0.1) is 12.3 Å². The van der Waals surface area contributed by atoms with Gasteiger partial charge in [-0.25, -0.2) is 4.68 Å². The predicted octanol–water partition coefficient (Wildman–Crippen LogP) is 5.57. The number of hydrogen-bond donors (Lipinski definition) is 1. The molecule has 3 aromatic rings. The van der Waals surface area contributed by atoms with E-state index in [1.165, 1.54) is 0 Å². The number of carbonyl (C=O) groups excluding carboxylic acids is 2. The lowest BCUT2D eigenvalue weighted by atomic mass is 9.66. The minimum atomic E-state index is -1.08. The molecule has 0 radical (unpaired) electrons. The Morgan fingerprint density at radius 2 is 1.72 bits per heavy atom. The number of Topliss-reactive ketones (excluding diaryl/α,β-unsaturated/α-hetero) is 2. The molecular weight excluding hydrogens is 398 g/mol. The van der Waals surface area contributed by atoms with Gasteiger partial charge in [-0.1, -0.05) is 68.8 Å². The minimum Gasteiger partial charge on any atom is -0.361 e. The van der Waals surface area contributed by atoms with Crippen molar-refractivity contribution in [3.8, 4) is 5.69 Å². The largest absolute Gasteiger partial charge is 0.361 e. The molecule has 0 unspecified atom stereocenters. The summed E-state index contributed by atoms with van der Waals surface area (Å²) >= 11 is 0. The Bertz CT molecular complexity index is 1200. The maximum absolute atomic E-state index is 14.3. The summed E-state index contributed by atoms with van der Waals surface area (Å²) in [7, 11) is 0. The number of hydrogen-bond acceptors (Lipinski definition) is 4. The first-order valence-electron chi connectivity index (χ1n) is 11.3. The Morgan fingerprint density at radius 3 is 2.31 bits per heavy atom. The molecule has 1 aliphatic carbocycles. The van der Waals surface area contributed by atoms with Crippen LogP contribution in [0.25, 0.3) is 5.69 Å². The Balaban J connectivity index is 1.78. The van der Waals surface area contributed by atoms with Crippen molar-refractivity contribution in [1.29, 1.82) is 0 Å². The van der Waals surface area contributed by atoms with E-state index >= 15 is 0 Å². The standard InChI is InChI=1S/C27H29N3O2/c1-17-12-14-18(15-13-17)22-27(16-8-11-20(27)31)24(32)21-23(26(2,3)4)29-30(25(21)28-22)19-9-6-5-7-10-19/h5-7,9-10,12-15,22,28H,8,11,16H2,1-4H3/t22-,27+/m1/s1. The van der Waals surface area contributed by atoms with E-state index in [1.807, 2.05) is 66.2 Å². The number of anilines is 1. The number of fused-ring (bicyclic) bond motifs is 1. The highest BCUT2D eigenvalue weighted by Crippen LogP contribution is 2.54. The summed E-state index contributed by atoms with van der Waals surface area (Å²) in [6, 6.07) is 17.6. The molecule has 1 aromatic heterocycles. The first-order valence-corrected chi connectivity index (χ1v) is 11.3. The van der Waals surface area contributed by atoms with Crippen LogP contribution in [0.15, 0.2) is 54.6 Å². The van der Waals surface area contributed by atoms with Crippen molar-refractivity contribution in [2.75, 3.05) is 5.32 Å². The molecule has 2 atom stereocenters. The van der Waals surface area contributed by atoms with Crippen molar-refractivity contribution in [3.05, 3.63) is 77.0 Å². The van der Waals surface area contributed by atoms with Gasteiger partial charge in [0, 0.05) is 11.8 Å². The Morgan fingerprint density at radius 1 is 1.03 bits per heavy atom. The topological polar surface area (TPSA) is 64.0 Å². The highest BCUT2D eigenvalue weighted by molar-refractivity contribution is 6.20. The zero-order chi connectivity index (χ0) is 22.7. The number of carbonyl (C=O) groups is 2. The van der Waals surface area contributed by atoms with E-state index in [9.17, 15) is 9.59 Å². The maximum atomic E-state index is 14.3. The van der Waals surface area contributed by atoms with Gasteiger partial charge in [0.25, 0.3) is 0 Å². The van der Waals surface area contributed by atoms with E-state index in [1.54, 1.807) is 0 Å². The first-order chi connectivity index (χ1) is 15.2. The summed E-state index contributed by atoms with van der Waals surface area (Å²) < 4.78 is 1.83. The molecule has 0 amide bonds. The molecule has 1 aliphatic heterocycles. The number of aryl methyl sites for hydroxylation is 1. The molecule has 2 aliphatic rings. The van der Waals surface area contributed by atoms with Gasteiger partial charge in [0.2, 0.25) is 0 Å². The molecular formula is C27H29N3O2. The van der Waals surface area contributed by atoms with E-state index in [2.05, 4.69) is 26.1 Å². The third kappa shape index (κ3) is 2.94. The molecule has 1 fully saturated rings. The Labute approximate surface area is 188 Å². The van der Waals surface area contributed by atoms with Gasteiger partial charge in [0.05, 0.1) is 23.0 Å². The van der Waals surface area contributed by atoms with Crippen LogP contribution in [-0.4, -0.2) is 21.3 Å². The van der Waals surface area contributed by atoms with Crippen LogP contribution in [0.3, 0.4) is 0 Å². The van der Waals surface area contributed by atoms with Gasteiger partial charge in [-0.05, 0) is 37.5 Å². The fourth-order valence-electron chi connectivity index (χ4n) is 5.22. The number of rotatable bonds is 2. The molecule has 5 rings (SSSR count). The average molecular weight is 428 g/mol. The predicted molar refractivity (Wildman–Crippen MR) is 125 cm³/mol. The quantitative estimate of drug-likeness (QED) is 0.543.